The van der Waals surface area contributed by atoms with E-state index in [0.717, 1.165) is 8.95 Å². The molecule has 1 saturated heterocycles. The maximum atomic E-state index is 12.8. The van der Waals surface area contributed by atoms with Crippen molar-refractivity contribution in [3.63, 3.8) is 0 Å². The summed E-state index contributed by atoms with van der Waals surface area (Å²) in [5, 5.41) is 7.09. The molecule has 1 fully saturated rings. The normalized spacial score (nSPS) is 15.1. The quantitative estimate of drug-likeness (QED) is 0.419. The minimum absolute atomic E-state index is 0.0939. The monoisotopic (exact) mass is 624 g/mol. The Morgan fingerprint density at radius 2 is 1.77 bits per heavy atom. The van der Waals surface area contributed by atoms with Crippen molar-refractivity contribution in [2.45, 2.75) is 24.7 Å². The Morgan fingerprint density at radius 3 is 2.37 bits per heavy atom. The molecule has 1 amide bonds. The number of rotatable bonds is 6. The average molecular weight is 626 g/mol. The van der Waals surface area contributed by atoms with Crippen LogP contribution in [0.1, 0.15) is 29.1 Å². The van der Waals surface area contributed by atoms with Crippen molar-refractivity contribution >= 4 is 55.6 Å². The number of carbonyl (C=O) groups excluding carboxylic acids is 1. The third-order valence-electron chi connectivity index (χ3n) is 4.98. The Labute approximate surface area is 222 Å². The van der Waals surface area contributed by atoms with E-state index in [4.69, 9.17) is 4.74 Å². The molecule has 0 bridgehead atoms. The second-order valence-electron chi connectivity index (χ2n) is 7.25. The highest BCUT2D eigenvalue weighted by Crippen LogP contribution is 2.22. The summed E-state index contributed by atoms with van der Waals surface area (Å²) < 4.78 is 35.2. The number of hydrogen-bond acceptors (Lipinski definition) is 7. The largest absolute Gasteiger partial charge is 0.379 e. The lowest BCUT2D eigenvalue weighted by molar-refractivity contribution is 0.0730. The van der Waals surface area contributed by atoms with Crippen LogP contribution in [-0.2, 0) is 14.8 Å². The zero-order valence-electron chi connectivity index (χ0n) is 19.1. The predicted molar refractivity (Wildman–Crippen MR) is 138 cm³/mol. The standard InChI is InChI=1S/C20H20Br2N6O4S.CH3B/c1-13(26-20(29)14-8-15(21)10-16(22)9-14)19-24-12-25-28(19)18-3-2-17(11-23-18)33(30,31)27-4-6-32-7-5-27;1-2/h2-3,8-13H,4-7H2,1H3,(H,26,29);1H3/t13-;/m0./s1. The van der Waals surface area contributed by atoms with E-state index >= 15 is 0 Å². The van der Waals surface area contributed by atoms with E-state index in [2.05, 4.69) is 60.1 Å². The van der Waals surface area contributed by atoms with E-state index in [1.165, 1.54) is 34.4 Å². The summed E-state index contributed by atoms with van der Waals surface area (Å²) in [5.74, 6) is 0.558. The van der Waals surface area contributed by atoms with Gasteiger partial charge in [-0.1, -0.05) is 38.7 Å². The van der Waals surface area contributed by atoms with Gasteiger partial charge in [-0.2, -0.15) is 14.1 Å². The topological polar surface area (TPSA) is 119 Å². The molecular formula is C21H23BBr2N6O4S. The molecule has 0 saturated carbocycles. The molecule has 3 aromatic rings. The molecule has 1 atom stereocenters. The van der Waals surface area contributed by atoms with E-state index in [9.17, 15) is 13.2 Å². The molecule has 10 nitrogen and oxygen atoms in total. The molecule has 4 rings (SSSR count). The summed E-state index contributed by atoms with van der Waals surface area (Å²) in [6, 6.07) is 7.83. The van der Waals surface area contributed by atoms with E-state index in [-0.39, 0.29) is 10.8 Å². The molecule has 14 heteroatoms. The number of pyridine rings is 1. The van der Waals surface area contributed by atoms with Gasteiger partial charge in [0.15, 0.2) is 11.6 Å². The Hall–Kier alpha value is -2.13. The van der Waals surface area contributed by atoms with E-state index < -0.39 is 16.1 Å². The van der Waals surface area contributed by atoms with Gasteiger partial charge >= 0.3 is 0 Å². The van der Waals surface area contributed by atoms with Crippen LogP contribution in [0.25, 0.3) is 5.82 Å². The first kappa shape index (κ1) is 27.5. The van der Waals surface area contributed by atoms with Crippen molar-refractivity contribution in [1.82, 2.24) is 29.4 Å². The Bertz CT molecular complexity index is 1250. The first-order valence-electron chi connectivity index (χ1n) is 10.5. The number of morpholine rings is 1. The van der Waals surface area contributed by atoms with E-state index in [1.54, 1.807) is 25.1 Å². The molecule has 1 aromatic carbocycles. The fourth-order valence-electron chi connectivity index (χ4n) is 3.34. The van der Waals surface area contributed by atoms with Gasteiger partial charge in [-0.15, -0.1) is 0 Å². The zero-order chi connectivity index (χ0) is 25.6. The molecular weight excluding hydrogens is 603 g/mol. The van der Waals surface area contributed by atoms with Crippen LogP contribution >= 0.6 is 31.9 Å². The van der Waals surface area contributed by atoms with Crippen LogP contribution in [-0.4, -0.2) is 72.5 Å². The number of hydrogen-bond donors (Lipinski definition) is 1. The summed E-state index contributed by atoms with van der Waals surface area (Å²) in [6.45, 7) is 4.63. The summed E-state index contributed by atoms with van der Waals surface area (Å²) >= 11 is 6.75. The van der Waals surface area contributed by atoms with Gasteiger partial charge in [0.2, 0.25) is 10.0 Å². The summed E-state index contributed by atoms with van der Waals surface area (Å²) in [7, 11) is 0.853. The van der Waals surface area contributed by atoms with Crippen molar-refractivity contribution in [1.29, 1.82) is 0 Å². The molecule has 1 aliphatic heterocycles. The predicted octanol–water partition coefficient (Wildman–Crippen LogP) is 2.90. The molecule has 3 heterocycles. The highest BCUT2D eigenvalue weighted by atomic mass is 79.9. The SMILES string of the molecule is C[C@H](NC(=O)c1cc(Br)cc(Br)c1)c1ncnn1-c1ccc(S(=O)(=O)N2CCOCC2)cn1.[B]C. The first-order valence-corrected chi connectivity index (χ1v) is 13.6. The van der Waals surface area contributed by atoms with Gasteiger partial charge in [-0.05, 0) is 37.3 Å². The molecule has 2 radical (unpaired) electrons. The number of sulfonamides is 1. The number of halogens is 2. The number of aromatic nitrogens is 4. The first-order chi connectivity index (χ1) is 16.8. The molecule has 2 aromatic heterocycles. The van der Waals surface area contributed by atoms with Gasteiger partial charge in [0.05, 0.1) is 27.1 Å². The van der Waals surface area contributed by atoms with Gasteiger partial charge in [-0.3, -0.25) is 4.79 Å². The van der Waals surface area contributed by atoms with Gasteiger partial charge < -0.3 is 10.1 Å². The summed E-state index contributed by atoms with van der Waals surface area (Å²) in [6.07, 6.45) is 2.65. The summed E-state index contributed by atoms with van der Waals surface area (Å²) in [5.41, 5.74) is 0.477. The molecule has 184 valence electrons. The number of ether oxygens (including phenoxy) is 1. The third-order valence-corrected chi connectivity index (χ3v) is 7.78. The van der Waals surface area contributed by atoms with Gasteiger partial charge in [0.1, 0.15) is 11.2 Å². The van der Waals surface area contributed by atoms with Crippen molar-refractivity contribution in [3.8, 4) is 5.82 Å². The lowest BCUT2D eigenvalue weighted by atomic mass is 10.2. The lowest BCUT2D eigenvalue weighted by Gasteiger charge is -2.25. The Morgan fingerprint density at radius 1 is 1.11 bits per heavy atom. The molecule has 0 spiro atoms. The highest BCUT2D eigenvalue weighted by molar-refractivity contribution is 9.11. The molecule has 1 aliphatic rings. The van der Waals surface area contributed by atoms with Crippen LogP contribution in [0.2, 0.25) is 6.82 Å². The summed E-state index contributed by atoms with van der Waals surface area (Å²) in [4.78, 5) is 21.3. The number of carbonyl (C=O) groups is 1. The van der Waals surface area contributed by atoms with Gasteiger partial charge in [0.25, 0.3) is 5.91 Å². The van der Waals surface area contributed by atoms with Crippen LogP contribution in [0.3, 0.4) is 0 Å². The number of benzene rings is 1. The van der Waals surface area contributed by atoms with Crippen LogP contribution in [0.5, 0.6) is 0 Å². The van der Waals surface area contributed by atoms with Crippen molar-refractivity contribution < 1.29 is 17.9 Å². The number of nitrogens with zero attached hydrogens (tertiary/aromatic N) is 5. The molecule has 0 unspecified atom stereocenters. The third kappa shape index (κ3) is 6.56. The van der Waals surface area contributed by atoms with Crippen LogP contribution in [0.4, 0.5) is 0 Å². The van der Waals surface area contributed by atoms with E-state index in [1.807, 2.05) is 6.07 Å². The second kappa shape index (κ2) is 12.2. The fourth-order valence-corrected chi connectivity index (χ4v) is 5.99. The lowest BCUT2D eigenvalue weighted by Crippen LogP contribution is -2.40. The smallest absolute Gasteiger partial charge is 0.251 e. The fraction of sp³-hybridized carbons (Fsp3) is 0.333. The zero-order valence-corrected chi connectivity index (χ0v) is 23.0. The van der Waals surface area contributed by atoms with Crippen LogP contribution in [0, 0.1) is 0 Å². The van der Waals surface area contributed by atoms with Gasteiger partial charge in [-0.25, -0.2) is 18.4 Å². The van der Waals surface area contributed by atoms with Gasteiger partial charge in [0, 0.05) is 33.8 Å². The minimum atomic E-state index is -3.65. The minimum Gasteiger partial charge on any atom is -0.379 e. The van der Waals surface area contributed by atoms with Crippen molar-refractivity contribution in [2.24, 2.45) is 0 Å². The van der Waals surface area contributed by atoms with E-state index in [0.29, 0.717) is 43.5 Å². The van der Waals surface area contributed by atoms with Crippen molar-refractivity contribution in [3.05, 3.63) is 63.2 Å². The van der Waals surface area contributed by atoms with Crippen LogP contribution in [0.15, 0.2) is 56.7 Å². The Kier molecular flexibility index (Phi) is 9.58. The number of nitrogens with one attached hydrogen (secondary N) is 1. The average Bonchev–Trinajstić information content (AvgIpc) is 3.35. The van der Waals surface area contributed by atoms with Crippen LogP contribution < -0.4 is 5.32 Å². The highest BCUT2D eigenvalue weighted by Gasteiger charge is 2.27. The maximum absolute atomic E-state index is 12.8. The maximum Gasteiger partial charge on any atom is 0.251 e. The molecule has 1 N–H and O–H groups in total. The van der Waals surface area contributed by atoms with Crippen molar-refractivity contribution in [2.75, 3.05) is 26.3 Å². The molecule has 35 heavy (non-hydrogen) atoms. The Balaban J connectivity index is 0.00000167. The molecule has 0 aliphatic carbocycles. The number of amides is 1. The second-order valence-corrected chi connectivity index (χ2v) is 11.0.